The van der Waals surface area contributed by atoms with Gasteiger partial charge in [0, 0.05) is 29.8 Å². The first-order valence-electron chi connectivity index (χ1n) is 6.04. The number of anilines is 1. The van der Waals surface area contributed by atoms with Gasteiger partial charge in [0.25, 0.3) is 0 Å². The molecule has 3 rings (SSSR count). The molecule has 0 bridgehead atoms. The summed E-state index contributed by atoms with van der Waals surface area (Å²) in [7, 11) is 0. The second kappa shape index (κ2) is 4.86. The molecule has 2 N–H and O–H groups in total. The van der Waals surface area contributed by atoms with Crippen molar-refractivity contribution in [2.24, 2.45) is 0 Å². The van der Waals surface area contributed by atoms with Gasteiger partial charge < -0.3 is 5.73 Å². The molecular formula is C15H11N5. The van der Waals surface area contributed by atoms with Gasteiger partial charge in [0.05, 0.1) is 5.56 Å². The number of hydrogen-bond donors (Lipinski definition) is 1. The summed E-state index contributed by atoms with van der Waals surface area (Å²) in [5, 5.41) is 8.80. The standard InChI is InChI=1S/C15H11N5/c16-9-11-1-6-14(19-10-11)20-8-7-18-15(20)12-2-4-13(17)5-3-12/h1-8,10H,17H2. The Kier molecular flexibility index (Phi) is 2.90. The number of benzene rings is 1. The first kappa shape index (κ1) is 11.9. The molecule has 1 aromatic carbocycles. The van der Waals surface area contributed by atoms with Gasteiger partial charge in [-0.1, -0.05) is 0 Å². The Balaban J connectivity index is 2.05. The lowest BCUT2D eigenvalue weighted by molar-refractivity contribution is 1.00. The lowest BCUT2D eigenvalue weighted by atomic mass is 10.2. The van der Waals surface area contributed by atoms with Crippen LogP contribution in [0.4, 0.5) is 5.69 Å². The van der Waals surface area contributed by atoms with Crippen LogP contribution in [0.25, 0.3) is 17.2 Å². The Labute approximate surface area is 116 Å². The average Bonchev–Trinajstić information content (AvgIpc) is 2.97. The highest BCUT2D eigenvalue weighted by atomic mass is 15.1. The van der Waals surface area contributed by atoms with Crippen molar-refractivity contribution >= 4 is 5.69 Å². The van der Waals surface area contributed by atoms with Gasteiger partial charge in [-0.3, -0.25) is 4.57 Å². The maximum Gasteiger partial charge on any atom is 0.145 e. The van der Waals surface area contributed by atoms with Crippen LogP contribution in [0.1, 0.15) is 5.56 Å². The van der Waals surface area contributed by atoms with Crippen molar-refractivity contribution < 1.29 is 0 Å². The predicted octanol–water partition coefficient (Wildman–Crippen LogP) is 2.39. The monoisotopic (exact) mass is 261 g/mol. The summed E-state index contributed by atoms with van der Waals surface area (Å²) < 4.78 is 1.87. The maximum absolute atomic E-state index is 8.80. The van der Waals surface area contributed by atoms with E-state index in [4.69, 9.17) is 11.0 Å². The molecule has 0 aliphatic carbocycles. The van der Waals surface area contributed by atoms with E-state index in [0.717, 1.165) is 11.4 Å². The molecule has 0 saturated carbocycles. The summed E-state index contributed by atoms with van der Waals surface area (Å²) in [4.78, 5) is 8.62. The summed E-state index contributed by atoms with van der Waals surface area (Å²) in [6.07, 6.45) is 5.09. The zero-order chi connectivity index (χ0) is 13.9. The van der Waals surface area contributed by atoms with Crippen molar-refractivity contribution in [1.82, 2.24) is 14.5 Å². The minimum absolute atomic E-state index is 0.530. The van der Waals surface area contributed by atoms with E-state index in [2.05, 4.69) is 16.0 Å². The molecule has 0 unspecified atom stereocenters. The SMILES string of the molecule is N#Cc1ccc(-n2ccnc2-c2ccc(N)cc2)nc1. The van der Waals surface area contributed by atoms with Crippen LogP contribution in [0.3, 0.4) is 0 Å². The van der Waals surface area contributed by atoms with Crippen molar-refractivity contribution in [1.29, 1.82) is 5.26 Å². The van der Waals surface area contributed by atoms with E-state index in [0.29, 0.717) is 17.1 Å². The van der Waals surface area contributed by atoms with Crippen molar-refractivity contribution in [3.63, 3.8) is 0 Å². The van der Waals surface area contributed by atoms with Crippen molar-refractivity contribution in [2.75, 3.05) is 5.73 Å². The fourth-order valence-electron chi connectivity index (χ4n) is 1.93. The van der Waals surface area contributed by atoms with Gasteiger partial charge in [0.2, 0.25) is 0 Å². The van der Waals surface area contributed by atoms with Crippen LogP contribution in [0.2, 0.25) is 0 Å². The van der Waals surface area contributed by atoms with Crippen LogP contribution in [-0.2, 0) is 0 Å². The second-order valence-electron chi connectivity index (χ2n) is 4.26. The van der Waals surface area contributed by atoms with E-state index in [1.165, 1.54) is 0 Å². The van der Waals surface area contributed by atoms with E-state index in [1.807, 2.05) is 35.0 Å². The van der Waals surface area contributed by atoms with Crippen LogP contribution in [0, 0.1) is 11.3 Å². The fourth-order valence-corrected chi connectivity index (χ4v) is 1.93. The molecule has 0 spiro atoms. The number of imidazole rings is 1. The van der Waals surface area contributed by atoms with E-state index in [-0.39, 0.29) is 0 Å². The van der Waals surface area contributed by atoms with Crippen LogP contribution in [-0.4, -0.2) is 14.5 Å². The van der Waals surface area contributed by atoms with Gasteiger partial charge in [-0.25, -0.2) is 9.97 Å². The Morgan fingerprint density at radius 3 is 2.50 bits per heavy atom. The van der Waals surface area contributed by atoms with Crippen molar-refractivity contribution in [3.05, 3.63) is 60.6 Å². The summed E-state index contributed by atoms with van der Waals surface area (Å²) in [5.41, 5.74) is 7.89. The molecule has 0 aliphatic heterocycles. The molecule has 2 heterocycles. The minimum atomic E-state index is 0.530. The molecule has 5 heteroatoms. The number of nitrogens with two attached hydrogens (primary N) is 1. The Morgan fingerprint density at radius 1 is 1.05 bits per heavy atom. The lowest BCUT2D eigenvalue weighted by Crippen LogP contribution is -1.99. The maximum atomic E-state index is 8.80. The Morgan fingerprint density at radius 2 is 1.85 bits per heavy atom. The van der Waals surface area contributed by atoms with E-state index in [9.17, 15) is 0 Å². The quantitative estimate of drug-likeness (QED) is 0.718. The predicted molar refractivity (Wildman–Crippen MR) is 75.9 cm³/mol. The third-order valence-electron chi connectivity index (χ3n) is 2.93. The van der Waals surface area contributed by atoms with E-state index in [1.54, 1.807) is 24.5 Å². The summed E-state index contributed by atoms with van der Waals surface area (Å²) >= 11 is 0. The summed E-state index contributed by atoms with van der Waals surface area (Å²) in [6, 6.07) is 13.1. The number of aromatic nitrogens is 3. The second-order valence-corrected chi connectivity index (χ2v) is 4.26. The van der Waals surface area contributed by atoms with Crippen LogP contribution >= 0.6 is 0 Å². The zero-order valence-corrected chi connectivity index (χ0v) is 10.6. The summed E-state index contributed by atoms with van der Waals surface area (Å²) in [6.45, 7) is 0. The van der Waals surface area contributed by atoms with E-state index < -0.39 is 0 Å². The number of nitrogens with zero attached hydrogens (tertiary/aromatic N) is 4. The number of pyridine rings is 1. The number of nitriles is 1. The largest absolute Gasteiger partial charge is 0.399 e. The third kappa shape index (κ3) is 2.10. The molecule has 96 valence electrons. The van der Waals surface area contributed by atoms with Crippen molar-refractivity contribution in [2.45, 2.75) is 0 Å². The normalized spacial score (nSPS) is 10.2. The Hall–Kier alpha value is -3.13. The number of hydrogen-bond acceptors (Lipinski definition) is 4. The first-order valence-corrected chi connectivity index (χ1v) is 6.04. The molecule has 5 nitrogen and oxygen atoms in total. The highest BCUT2D eigenvalue weighted by Gasteiger charge is 2.08. The van der Waals surface area contributed by atoms with Crippen molar-refractivity contribution in [3.8, 4) is 23.3 Å². The van der Waals surface area contributed by atoms with Gasteiger partial charge in [-0.15, -0.1) is 0 Å². The molecule has 0 aliphatic rings. The molecule has 20 heavy (non-hydrogen) atoms. The fraction of sp³-hybridized carbons (Fsp3) is 0. The number of nitrogen functional groups attached to an aromatic ring is 1. The molecule has 0 amide bonds. The molecular weight excluding hydrogens is 250 g/mol. The van der Waals surface area contributed by atoms with Gasteiger partial charge in [0.1, 0.15) is 17.7 Å². The molecule has 0 saturated heterocycles. The topological polar surface area (TPSA) is 80.5 Å². The number of rotatable bonds is 2. The molecule has 2 aromatic heterocycles. The van der Waals surface area contributed by atoms with E-state index >= 15 is 0 Å². The highest BCUT2D eigenvalue weighted by Crippen LogP contribution is 2.21. The molecule has 3 aromatic rings. The van der Waals surface area contributed by atoms with Gasteiger partial charge >= 0.3 is 0 Å². The first-order chi connectivity index (χ1) is 9.78. The average molecular weight is 261 g/mol. The minimum Gasteiger partial charge on any atom is -0.399 e. The van der Waals surface area contributed by atoms with Crippen LogP contribution < -0.4 is 5.73 Å². The molecule has 0 atom stereocenters. The third-order valence-corrected chi connectivity index (χ3v) is 2.93. The molecule has 0 fully saturated rings. The van der Waals surface area contributed by atoms with Gasteiger partial charge in [-0.05, 0) is 36.4 Å². The molecule has 0 radical (unpaired) electrons. The van der Waals surface area contributed by atoms with Crippen LogP contribution in [0.5, 0.6) is 0 Å². The smallest absolute Gasteiger partial charge is 0.145 e. The summed E-state index contributed by atoms with van der Waals surface area (Å²) in [5.74, 6) is 1.50. The lowest BCUT2D eigenvalue weighted by Gasteiger charge is -2.07. The van der Waals surface area contributed by atoms with Gasteiger partial charge in [-0.2, -0.15) is 5.26 Å². The van der Waals surface area contributed by atoms with Gasteiger partial charge in [0.15, 0.2) is 0 Å². The highest BCUT2D eigenvalue weighted by molar-refractivity contribution is 5.61. The Bertz CT molecular complexity index is 763. The van der Waals surface area contributed by atoms with Crippen LogP contribution in [0.15, 0.2) is 55.0 Å². The zero-order valence-electron chi connectivity index (χ0n) is 10.6.